The lowest BCUT2D eigenvalue weighted by Crippen LogP contribution is -2.45. The molecule has 0 bridgehead atoms. The zero-order valence-corrected chi connectivity index (χ0v) is 13.6. The van der Waals surface area contributed by atoms with Gasteiger partial charge in [-0.3, -0.25) is 4.90 Å². The molecule has 2 heterocycles. The van der Waals surface area contributed by atoms with Crippen LogP contribution in [0.15, 0.2) is 16.7 Å². The smallest absolute Gasteiger partial charge is 0.122 e. The van der Waals surface area contributed by atoms with E-state index in [1.807, 2.05) is 6.26 Å². The number of hydrogen-bond donors (Lipinski definition) is 1. The molecule has 2 rings (SSSR count). The predicted octanol–water partition coefficient (Wildman–Crippen LogP) is 3.64. The van der Waals surface area contributed by atoms with Crippen molar-refractivity contribution in [3.8, 4) is 0 Å². The Hall–Kier alpha value is -0.800. The maximum Gasteiger partial charge on any atom is 0.122 e. The van der Waals surface area contributed by atoms with Gasteiger partial charge in [0.25, 0.3) is 0 Å². The van der Waals surface area contributed by atoms with Crippen molar-refractivity contribution in [3.05, 3.63) is 23.7 Å². The molecule has 1 fully saturated rings. The van der Waals surface area contributed by atoms with Crippen molar-refractivity contribution in [2.75, 3.05) is 6.54 Å². The first-order valence-corrected chi connectivity index (χ1v) is 8.00. The molecule has 3 heteroatoms. The van der Waals surface area contributed by atoms with Gasteiger partial charge in [0.05, 0.1) is 12.8 Å². The lowest BCUT2D eigenvalue weighted by atomic mass is 9.86. The van der Waals surface area contributed by atoms with Crippen molar-refractivity contribution < 1.29 is 4.42 Å². The van der Waals surface area contributed by atoms with Crippen LogP contribution in [-0.2, 0) is 13.1 Å². The lowest BCUT2D eigenvalue weighted by Gasteiger charge is -2.41. The minimum Gasteiger partial charge on any atom is -0.468 e. The van der Waals surface area contributed by atoms with Gasteiger partial charge in [-0.1, -0.05) is 27.7 Å². The van der Waals surface area contributed by atoms with E-state index < -0.39 is 0 Å². The van der Waals surface area contributed by atoms with Crippen molar-refractivity contribution >= 4 is 0 Å². The summed E-state index contributed by atoms with van der Waals surface area (Å²) >= 11 is 0. The monoisotopic (exact) mass is 278 g/mol. The lowest BCUT2D eigenvalue weighted by molar-refractivity contribution is 0.0724. The third-order valence-corrected chi connectivity index (χ3v) is 4.60. The maximum absolute atomic E-state index is 5.66. The van der Waals surface area contributed by atoms with Crippen LogP contribution in [0.4, 0.5) is 0 Å². The largest absolute Gasteiger partial charge is 0.468 e. The quantitative estimate of drug-likeness (QED) is 0.891. The molecule has 1 aliphatic heterocycles. The van der Waals surface area contributed by atoms with Gasteiger partial charge < -0.3 is 9.73 Å². The zero-order valence-electron chi connectivity index (χ0n) is 13.6. The third-order valence-electron chi connectivity index (χ3n) is 4.60. The summed E-state index contributed by atoms with van der Waals surface area (Å²) in [4.78, 5) is 2.61. The van der Waals surface area contributed by atoms with Gasteiger partial charge in [0.1, 0.15) is 5.76 Å². The second kappa shape index (κ2) is 6.77. The molecule has 1 aromatic rings. The van der Waals surface area contributed by atoms with Gasteiger partial charge in [0.2, 0.25) is 0 Å². The van der Waals surface area contributed by atoms with E-state index in [0.717, 1.165) is 30.7 Å². The van der Waals surface area contributed by atoms with Gasteiger partial charge in [-0.15, -0.1) is 0 Å². The van der Waals surface area contributed by atoms with Crippen molar-refractivity contribution in [1.29, 1.82) is 0 Å². The first kappa shape index (κ1) is 15.6. The van der Waals surface area contributed by atoms with Gasteiger partial charge in [-0.2, -0.15) is 0 Å². The molecule has 1 aromatic heterocycles. The number of rotatable bonds is 5. The fourth-order valence-electron chi connectivity index (χ4n) is 3.22. The maximum atomic E-state index is 5.66. The summed E-state index contributed by atoms with van der Waals surface area (Å²) in [5, 5.41) is 3.44. The van der Waals surface area contributed by atoms with E-state index in [2.05, 4.69) is 50.9 Å². The van der Waals surface area contributed by atoms with Crippen LogP contribution >= 0.6 is 0 Å². The number of hydrogen-bond acceptors (Lipinski definition) is 3. The highest BCUT2D eigenvalue weighted by atomic mass is 16.3. The van der Waals surface area contributed by atoms with Crippen LogP contribution in [0.5, 0.6) is 0 Å². The van der Waals surface area contributed by atoms with Crippen LogP contribution in [-0.4, -0.2) is 23.5 Å². The first-order valence-electron chi connectivity index (χ1n) is 8.00. The molecule has 20 heavy (non-hydrogen) atoms. The van der Waals surface area contributed by atoms with E-state index in [0.29, 0.717) is 12.1 Å². The molecule has 0 radical (unpaired) electrons. The molecule has 1 N–H and O–H groups in total. The zero-order chi connectivity index (χ0) is 14.7. The Bertz CT molecular complexity index is 413. The summed E-state index contributed by atoms with van der Waals surface area (Å²) < 4.78 is 5.66. The minimum atomic E-state index is 0.488. The van der Waals surface area contributed by atoms with Crippen LogP contribution in [0.1, 0.15) is 52.4 Å². The molecular formula is C17H30N2O. The number of nitrogens with one attached hydrogen (secondary N) is 1. The molecular weight excluding hydrogens is 248 g/mol. The highest BCUT2D eigenvalue weighted by Gasteiger charge is 2.29. The van der Waals surface area contributed by atoms with E-state index in [1.54, 1.807) is 0 Å². The van der Waals surface area contributed by atoms with Crippen LogP contribution in [0.25, 0.3) is 0 Å². The average molecular weight is 278 g/mol. The highest BCUT2D eigenvalue weighted by molar-refractivity contribution is 5.17. The van der Waals surface area contributed by atoms with Crippen molar-refractivity contribution in [3.63, 3.8) is 0 Å². The molecule has 0 amide bonds. The molecule has 3 nitrogen and oxygen atoms in total. The number of piperidine rings is 1. The van der Waals surface area contributed by atoms with Crippen molar-refractivity contribution in [2.45, 2.75) is 66.2 Å². The van der Waals surface area contributed by atoms with E-state index in [4.69, 9.17) is 4.42 Å². The Kier molecular flexibility index (Phi) is 5.28. The van der Waals surface area contributed by atoms with Crippen LogP contribution in [0.3, 0.4) is 0 Å². The number of likely N-dealkylation sites (tertiary alicyclic amines) is 1. The molecule has 0 aliphatic carbocycles. The van der Waals surface area contributed by atoms with Gasteiger partial charge >= 0.3 is 0 Å². The van der Waals surface area contributed by atoms with Gasteiger partial charge in [0.15, 0.2) is 0 Å². The Morgan fingerprint density at radius 2 is 2.10 bits per heavy atom. The molecule has 0 spiro atoms. The van der Waals surface area contributed by atoms with Crippen molar-refractivity contribution in [1.82, 2.24) is 10.2 Å². The molecule has 114 valence electrons. The topological polar surface area (TPSA) is 28.4 Å². The normalized spacial score (nSPS) is 28.2. The molecule has 0 aromatic carbocycles. The van der Waals surface area contributed by atoms with Gasteiger partial charge in [-0.25, -0.2) is 0 Å². The van der Waals surface area contributed by atoms with Crippen LogP contribution in [0, 0.1) is 11.8 Å². The molecule has 1 aliphatic rings. The van der Waals surface area contributed by atoms with E-state index in [9.17, 15) is 0 Å². The van der Waals surface area contributed by atoms with E-state index in [1.165, 1.54) is 18.5 Å². The summed E-state index contributed by atoms with van der Waals surface area (Å²) in [5.74, 6) is 2.67. The fraction of sp³-hybridized carbons (Fsp3) is 0.765. The second-order valence-corrected chi connectivity index (χ2v) is 6.89. The molecule has 3 unspecified atom stereocenters. The summed E-state index contributed by atoms with van der Waals surface area (Å²) in [7, 11) is 0. The SMILES string of the molecule is CC1CC(C)C(C)N(Cc2ccoc2CNC(C)C)C1. The van der Waals surface area contributed by atoms with Gasteiger partial charge in [-0.05, 0) is 31.2 Å². The van der Waals surface area contributed by atoms with Gasteiger partial charge in [0, 0.05) is 30.7 Å². The number of nitrogens with zero attached hydrogens (tertiary/aromatic N) is 1. The van der Waals surface area contributed by atoms with E-state index in [-0.39, 0.29) is 0 Å². The third kappa shape index (κ3) is 3.86. The average Bonchev–Trinajstić information content (AvgIpc) is 2.80. The summed E-state index contributed by atoms with van der Waals surface area (Å²) in [5.41, 5.74) is 1.34. The summed E-state index contributed by atoms with van der Waals surface area (Å²) in [6, 6.07) is 3.28. The van der Waals surface area contributed by atoms with E-state index >= 15 is 0 Å². The molecule has 1 saturated heterocycles. The summed E-state index contributed by atoms with van der Waals surface area (Å²) in [6.45, 7) is 14.5. The van der Waals surface area contributed by atoms with Crippen LogP contribution < -0.4 is 5.32 Å². The Morgan fingerprint density at radius 1 is 1.35 bits per heavy atom. The predicted molar refractivity (Wildman–Crippen MR) is 83.5 cm³/mol. The Balaban J connectivity index is 2.00. The van der Waals surface area contributed by atoms with Crippen LogP contribution in [0.2, 0.25) is 0 Å². The highest BCUT2D eigenvalue weighted by Crippen LogP contribution is 2.28. The van der Waals surface area contributed by atoms with Crippen molar-refractivity contribution in [2.24, 2.45) is 11.8 Å². The second-order valence-electron chi connectivity index (χ2n) is 6.89. The Morgan fingerprint density at radius 3 is 2.80 bits per heavy atom. The first-order chi connectivity index (χ1) is 9.47. The molecule has 3 atom stereocenters. The standard InChI is InChI=1S/C17H30N2O/c1-12(2)18-9-17-16(6-7-20-17)11-19-10-13(3)8-14(4)15(19)5/h6-7,12-15,18H,8-11H2,1-5H3. The Labute approximate surface area is 123 Å². The minimum absolute atomic E-state index is 0.488. The molecule has 0 saturated carbocycles. The number of furan rings is 1. The fourth-order valence-corrected chi connectivity index (χ4v) is 3.22. The summed E-state index contributed by atoms with van der Waals surface area (Å²) in [6.07, 6.45) is 3.18.